The summed E-state index contributed by atoms with van der Waals surface area (Å²) in [6, 6.07) is 12.2. The van der Waals surface area contributed by atoms with E-state index in [2.05, 4.69) is 15.5 Å². The molecule has 0 bridgehead atoms. The van der Waals surface area contributed by atoms with Crippen molar-refractivity contribution in [1.82, 2.24) is 10.2 Å². The molecule has 1 N–H and O–H groups in total. The van der Waals surface area contributed by atoms with E-state index in [4.69, 9.17) is 25.5 Å². The molecule has 0 saturated carbocycles. The molecule has 0 aliphatic rings. The average Bonchev–Trinajstić information content (AvgIpc) is 3.16. The molecule has 0 unspecified atom stereocenters. The Labute approximate surface area is 165 Å². The maximum absolute atomic E-state index is 12.0. The fourth-order valence-corrected chi connectivity index (χ4v) is 2.90. The van der Waals surface area contributed by atoms with Crippen molar-refractivity contribution < 1.29 is 18.7 Å². The first-order valence-corrected chi connectivity index (χ1v) is 9.19. The second kappa shape index (κ2) is 8.79. The number of hydrogen-bond donors (Lipinski definition) is 1. The second-order valence-corrected chi connectivity index (χ2v) is 6.65. The van der Waals surface area contributed by atoms with Gasteiger partial charge >= 0.3 is 0 Å². The van der Waals surface area contributed by atoms with Crippen LogP contribution >= 0.6 is 23.4 Å². The van der Waals surface area contributed by atoms with Gasteiger partial charge in [0.25, 0.3) is 5.22 Å². The van der Waals surface area contributed by atoms with Gasteiger partial charge in [-0.2, -0.15) is 0 Å². The van der Waals surface area contributed by atoms with Crippen LogP contribution in [0.3, 0.4) is 0 Å². The van der Waals surface area contributed by atoms with Crippen LogP contribution in [0.1, 0.15) is 0 Å². The normalized spacial score (nSPS) is 10.5. The van der Waals surface area contributed by atoms with Crippen LogP contribution in [0.5, 0.6) is 11.5 Å². The minimum atomic E-state index is -0.187. The minimum Gasteiger partial charge on any atom is -0.493 e. The second-order valence-electron chi connectivity index (χ2n) is 5.29. The third-order valence-electron chi connectivity index (χ3n) is 3.49. The van der Waals surface area contributed by atoms with Gasteiger partial charge in [-0.3, -0.25) is 4.79 Å². The van der Waals surface area contributed by atoms with E-state index in [9.17, 15) is 4.79 Å². The Balaban J connectivity index is 1.61. The van der Waals surface area contributed by atoms with E-state index in [1.165, 1.54) is 0 Å². The predicted molar refractivity (Wildman–Crippen MR) is 104 cm³/mol. The van der Waals surface area contributed by atoms with E-state index >= 15 is 0 Å². The Morgan fingerprint density at radius 3 is 2.56 bits per heavy atom. The highest BCUT2D eigenvalue weighted by molar-refractivity contribution is 7.99. The number of carbonyl (C=O) groups excluding carboxylic acids is 1. The number of amides is 1. The van der Waals surface area contributed by atoms with Crippen molar-refractivity contribution in [1.29, 1.82) is 0 Å². The molecule has 0 radical (unpaired) electrons. The summed E-state index contributed by atoms with van der Waals surface area (Å²) in [5, 5.41) is 11.6. The molecule has 0 fully saturated rings. The zero-order chi connectivity index (χ0) is 19.2. The van der Waals surface area contributed by atoms with Crippen LogP contribution in [-0.4, -0.2) is 36.1 Å². The number of anilines is 1. The summed E-state index contributed by atoms with van der Waals surface area (Å²) >= 11 is 6.97. The molecule has 9 heteroatoms. The highest BCUT2D eigenvalue weighted by atomic mass is 35.5. The van der Waals surface area contributed by atoms with E-state index < -0.39 is 0 Å². The van der Waals surface area contributed by atoms with Crippen molar-refractivity contribution in [2.75, 3.05) is 25.3 Å². The standard InChI is InChI=1S/C18H16ClN3O4S/c1-24-14-8-3-11(9-15(14)25-2)17-21-22-18(26-17)27-10-16(23)20-13-6-4-12(19)5-7-13/h3-9H,10H2,1-2H3,(H,20,23). The van der Waals surface area contributed by atoms with Crippen LogP contribution < -0.4 is 14.8 Å². The third kappa shape index (κ3) is 4.93. The van der Waals surface area contributed by atoms with Gasteiger partial charge in [0.15, 0.2) is 11.5 Å². The van der Waals surface area contributed by atoms with Gasteiger partial charge in [0.2, 0.25) is 11.8 Å². The number of rotatable bonds is 7. The molecular weight excluding hydrogens is 390 g/mol. The van der Waals surface area contributed by atoms with Crippen LogP contribution in [0.4, 0.5) is 5.69 Å². The maximum Gasteiger partial charge on any atom is 0.277 e. The van der Waals surface area contributed by atoms with Crippen LogP contribution in [-0.2, 0) is 4.79 Å². The molecule has 140 valence electrons. The van der Waals surface area contributed by atoms with Gasteiger partial charge < -0.3 is 19.2 Å². The van der Waals surface area contributed by atoms with E-state index in [0.717, 1.165) is 11.8 Å². The quantitative estimate of drug-likeness (QED) is 0.591. The largest absolute Gasteiger partial charge is 0.493 e. The van der Waals surface area contributed by atoms with Crippen LogP contribution in [0.15, 0.2) is 52.1 Å². The number of ether oxygens (including phenoxy) is 2. The van der Waals surface area contributed by atoms with Crippen LogP contribution in [0.2, 0.25) is 5.02 Å². The zero-order valence-electron chi connectivity index (χ0n) is 14.6. The van der Waals surface area contributed by atoms with Gasteiger partial charge in [-0.15, -0.1) is 10.2 Å². The number of thioether (sulfide) groups is 1. The van der Waals surface area contributed by atoms with E-state index in [1.54, 1.807) is 56.7 Å². The molecule has 0 atom stereocenters. The molecule has 1 aromatic heterocycles. The maximum atomic E-state index is 12.0. The zero-order valence-corrected chi connectivity index (χ0v) is 16.1. The lowest BCUT2D eigenvalue weighted by atomic mass is 10.2. The topological polar surface area (TPSA) is 86.5 Å². The molecule has 1 heterocycles. The van der Waals surface area contributed by atoms with Gasteiger partial charge in [0.1, 0.15) is 0 Å². The van der Waals surface area contributed by atoms with E-state index in [0.29, 0.717) is 38.9 Å². The molecule has 0 spiro atoms. The smallest absolute Gasteiger partial charge is 0.277 e. The van der Waals surface area contributed by atoms with Crippen molar-refractivity contribution in [2.45, 2.75) is 5.22 Å². The number of hydrogen-bond acceptors (Lipinski definition) is 7. The third-order valence-corrected chi connectivity index (χ3v) is 4.56. The summed E-state index contributed by atoms with van der Waals surface area (Å²) in [6.07, 6.45) is 0. The molecule has 0 aliphatic carbocycles. The van der Waals surface area contributed by atoms with Crippen LogP contribution in [0.25, 0.3) is 11.5 Å². The number of nitrogens with zero attached hydrogens (tertiary/aromatic N) is 2. The summed E-state index contributed by atoms with van der Waals surface area (Å²) in [5.41, 5.74) is 1.36. The monoisotopic (exact) mass is 405 g/mol. The lowest BCUT2D eigenvalue weighted by Gasteiger charge is -2.07. The van der Waals surface area contributed by atoms with Crippen molar-refractivity contribution in [3.05, 3.63) is 47.5 Å². The molecule has 1 amide bonds. The lowest BCUT2D eigenvalue weighted by Crippen LogP contribution is -2.13. The van der Waals surface area contributed by atoms with Gasteiger partial charge in [0, 0.05) is 16.3 Å². The first-order valence-electron chi connectivity index (χ1n) is 7.83. The van der Waals surface area contributed by atoms with Crippen molar-refractivity contribution in [2.24, 2.45) is 0 Å². The summed E-state index contributed by atoms with van der Waals surface area (Å²) < 4.78 is 16.1. The fraction of sp³-hybridized carbons (Fsp3) is 0.167. The van der Waals surface area contributed by atoms with E-state index in [-0.39, 0.29) is 11.7 Å². The van der Waals surface area contributed by atoms with Gasteiger partial charge in [-0.1, -0.05) is 23.4 Å². The number of methoxy groups -OCH3 is 2. The molecule has 3 rings (SSSR count). The SMILES string of the molecule is COc1ccc(-c2nnc(SCC(=O)Nc3ccc(Cl)cc3)o2)cc1OC. The van der Waals surface area contributed by atoms with Gasteiger partial charge in [-0.05, 0) is 42.5 Å². The summed E-state index contributed by atoms with van der Waals surface area (Å²) in [7, 11) is 3.12. The molecule has 27 heavy (non-hydrogen) atoms. The van der Waals surface area contributed by atoms with Gasteiger partial charge in [0.05, 0.1) is 20.0 Å². The minimum absolute atomic E-state index is 0.135. The summed E-state index contributed by atoms with van der Waals surface area (Å²) in [6.45, 7) is 0. The highest BCUT2D eigenvalue weighted by Crippen LogP contribution is 2.32. The summed E-state index contributed by atoms with van der Waals surface area (Å²) in [4.78, 5) is 12.0. The number of carbonyl (C=O) groups is 1. The number of nitrogens with one attached hydrogen (secondary N) is 1. The van der Waals surface area contributed by atoms with E-state index in [1.807, 2.05) is 0 Å². The molecule has 2 aromatic carbocycles. The van der Waals surface area contributed by atoms with Crippen molar-refractivity contribution >= 4 is 35.0 Å². The fourth-order valence-electron chi connectivity index (χ4n) is 2.21. The molecular formula is C18H16ClN3O4S. The predicted octanol–water partition coefficient (Wildman–Crippen LogP) is 4.14. The Kier molecular flexibility index (Phi) is 6.20. The number of halogens is 1. The molecule has 3 aromatic rings. The molecule has 7 nitrogen and oxygen atoms in total. The van der Waals surface area contributed by atoms with Crippen molar-refractivity contribution in [3.63, 3.8) is 0 Å². The molecule has 0 aliphatic heterocycles. The first-order chi connectivity index (χ1) is 13.1. The molecule has 0 saturated heterocycles. The summed E-state index contributed by atoms with van der Waals surface area (Å²) in [5.74, 6) is 1.44. The van der Waals surface area contributed by atoms with Crippen LogP contribution in [0, 0.1) is 0 Å². The lowest BCUT2D eigenvalue weighted by molar-refractivity contribution is -0.113. The Bertz CT molecular complexity index is 931. The Morgan fingerprint density at radius 2 is 1.85 bits per heavy atom. The highest BCUT2D eigenvalue weighted by Gasteiger charge is 2.14. The Morgan fingerprint density at radius 1 is 1.11 bits per heavy atom. The average molecular weight is 406 g/mol. The number of benzene rings is 2. The number of aromatic nitrogens is 2. The Hall–Kier alpha value is -2.71. The first kappa shape index (κ1) is 19.1. The van der Waals surface area contributed by atoms with Crippen molar-refractivity contribution in [3.8, 4) is 23.0 Å². The van der Waals surface area contributed by atoms with Gasteiger partial charge in [-0.25, -0.2) is 0 Å².